The summed E-state index contributed by atoms with van der Waals surface area (Å²) in [5.41, 5.74) is 5.85. The van der Waals surface area contributed by atoms with Crippen molar-refractivity contribution in [3.8, 4) is 0 Å². The third-order valence-electron chi connectivity index (χ3n) is 3.90. The molecule has 2 heterocycles. The summed E-state index contributed by atoms with van der Waals surface area (Å²) in [6, 6.07) is 6.74. The summed E-state index contributed by atoms with van der Waals surface area (Å²) in [7, 11) is -3.59. The zero-order chi connectivity index (χ0) is 15.7. The van der Waals surface area contributed by atoms with Crippen LogP contribution in [0.3, 0.4) is 0 Å². The zero-order valence-electron chi connectivity index (χ0n) is 12.3. The van der Waals surface area contributed by atoms with E-state index in [2.05, 4.69) is 4.98 Å². The molecule has 6 nitrogen and oxygen atoms in total. The Morgan fingerprint density at radius 1 is 1.41 bits per heavy atom. The van der Waals surface area contributed by atoms with Crippen molar-refractivity contribution in [3.63, 3.8) is 0 Å². The zero-order valence-corrected chi connectivity index (χ0v) is 13.2. The highest BCUT2D eigenvalue weighted by Crippen LogP contribution is 2.26. The highest BCUT2D eigenvalue weighted by Gasteiger charge is 2.33. The molecular weight excluding hydrogens is 302 g/mol. The van der Waals surface area contributed by atoms with Crippen molar-refractivity contribution in [2.45, 2.75) is 24.0 Å². The number of rotatable bonds is 3. The van der Waals surface area contributed by atoms with Gasteiger partial charge in [0.2, 0.25) is 10.0 Å². The van der Waals surface area contributed by atoms with Gasteiger partial charge in [0.05, 0.1) is 17.6 Å². The number of morpholine rings is 1. The molecule has 1 fully saturated rings. The van der Waals surface area contributed by atoms with E-state index < -0.39 is 10.0 Å². The standard InChI is InChI=1S/C15H19N3O3S/c1-11(16)14-10-18(7-8-21-14)22(19,20)15-4-2-3-12-9-17-6-5-13(12)15/h2-6,9,11,14H,7-8,10,16H2,1H3/t11-,14+/m1/s1. The van der Waals surface area contributed by atoms with Gasteiger partial charge >= 0.3 is 0 Å². The Morgan fingerprint density at radius 3 is 3.00 bits per heavy atom. The third kappa shape index (κ3) is 2.72. The fourth-order valence-corrected chi connectivity index (χ4v) is 4.29. The maximum atomic E-state index is 13.0. The summed E-state index contributed by atoms with van der Waals surface area (Å²) in [5.74, 6) is 0. The number of benzene rings is 1. The molecule has 0 radical (unpaired) electrons. The molecule has 2 aromatic rings. The van der Waals surface area contributed by atoms with Crippen molar-refractivity contribution < 1.29 is 13.2 Å². The van der Waals surface area contributed by atoms with Gasteiger partial charge in [0.15, 0.2) is 0 Å². The fraction of sp³-hybridized carbons (Fsp3) is 0.400. The Kier molecular flexibility index (Phi) is 4.14. The second-order valence-electron chi connectivity index (χ2n) is 5.48. The highest BCUT2D eigenvalue weighted by atomic mass is 32.2. The molecule has 0 bridgehead atoms. The number of aromatic nitrogens is 1. The first-order chi connectivity index (χ1) is 10.5. The van der Waals surface area contributed by atoms with Gasteiger partial charge < -0.3 is 10.5 Å². The van der Waals surface area contributed by atoms with Crippen molar-refractivity contribution in [1.82, 2.24) is 9.29 Å². The Morgan fingerprint density at radius 2 is 2.23 bits per heavy atom. The van der Waals surface area contributed by atoms with Gasteiger partial charge in [-0.2, -0.15) is 4.31 Å². The first-order valence-electron chi connectivity index (χ1n) is 7.20. The Bertz CT molecular complexity index is 771. The molecule has 22 heavy (non-hydrogen) atoms. The molecule has 1 aliphatic rings. The first-order valence-corrected chi connectivity index (χ1v) is 8.64. The van der Waals surface area contributed by atoms with Crippen LogP contribution in [0.1, 0.15) is 6.92 Å². The average molecular weight is 321 g/mol. The minimum absolute atomic E-state index is 0.213. The van der Waals surface area contributed by atoms with Crippen molar-refractivity contribution in [1.29, 1.82) is 0 Å². The number of hydrogen-bond acceptors (Lipinski definition) is 5. The van der Waals surface area contributed by atoms with Gasteiger partial charge in [-0.05, 0) is 19.1 Å². The lowest BCUT2D eigenvalue weighted by atomic mass is 10.2. The van der Waals surface area contributed by atoms with Crippen LogP contribution in [-0.4, -0.2) is 49.5 Å². The molecule has 0 amide bonds. The van der Waals surface area contributed by atoms with Gasteiger partial charge in [0.1, 0.15) is 0 Å². The van der Waals surface area contributed by atoms with Crippen molar-refractivity contribution in [3.05, 3.63) is 36.7 Å². The van der Waals surface area contributed by atoms with E-state index in [1.54, 1.807) is 30.6 Å². The monoisotopic (exact) mass is 321 g/mol. The fourth-order valence-electron chi connectivity index (χ4n) is 2.64. The number of fused-ring (bicyclic) bond motifs is 1. The number of ether oxygens (including phenoxy) is 1. The number of nitrogens with two attached hydrogens (primary N) is 1. The van der Waals surface area contributed by atoms with Gasteiger partial charge in [0, 0.05) is 42.3 Å². The van der Waals surface area contributed by atoms with Crippen LogP contribution in [0.15, 0.2) is 41.6 Å². The van der Waals surface area contributed by atoms with E-state index >= 15 is 0 Å². The van der Waals surface area contributed by atoms with E-state index in [0.717, 1.165) is 5.39 Å². The lowest BCUT2D eigenvalue weighted by Gasteiger charge is -2.34. The maximum absolute atomic E-state index is 13.0. The summed E-state index contributed by atoms with van der Waals surface area (Å²) >= 11 is 0. The quantitative estimate of drug-likeness (QED) is 0.910. The van der Waals surface area contributed by atoms with E-state index in [1.807, 2.05) is 13.0 Å². The van der Waals surface area contributed by atoms with Crippen LogP contribution in [0.4, 0.5) is 0 Å². The molecule has 1 aromatic carbocycles. The Labute approximate surface area is 129 Å². The second-order valence-corrected chi connectivity index (χ2v) is 7.39. The summed E-state index contributed by atoms with van der Waals surface area (Å²) in [4.78, 5) is 4.34. The van der Waals surface area contributed by atoms with E-state index in [0.29, 0.717) is 23.4 Å². The summed E-state index contributed by atoms with van der Waals surface area (Å²) in [6.45, 7) is 2.80. The smallest absolute Gasteiger partial charge is 0.243 e. The second kappa shape index (κ2) is 5.92. The molecule has 0 unspecified atom stereocenters. The van der Waals surface area contributed by atoms with Crippen LogP contribution < -0.4 is 5.73 Å². The van der Waals surface area contributed by atoms with Gasteiger partial charge in [-0.25, -0.2) is 8.42 Å². The molecule has 1 aliphatic heterocycles. The van der Waals surface area contributed by atoms with Crippen LogP contribution in [0, 0.1) is 0 Å². The van der Waals surface area contributed by atoms with Crippen molar-refractivity contribution in [2.75, 3.05) is 19.7 Å². The van der Waals surface area contributed by atoms with Crippen molar-refractivity contribution >= 4 is 20.8 Å². The van der Waals surface area contributed by atoms with Crippen LogP contribution in [-0.2, 0) is 14.8 Å². The largest absolute Gasteiger partial charge is 0.374 e. The average Bonchev–Trinajstić information content (AvgIpc) is 2.54. The van der Waals surface area contributed by atoms with Gasteiger partial charge in [-0.3, -0.25) is 4.98 Å². The van der Waals surface area contributed by atoms with E-state index in [4.69, 9.17) is 10.5 Å². The SMILES string of the molecule is C[C@@H](N)[C@@H]1CN(S(=O)(=O)c2cccc3cnccc23)CCO1. The minimum atomic E-state index is -3.59. The molecule has 0 aliphatic carbocycles. The van der Waals surface area contributed by atoms with Gasteiger partial charge in [-0.1, -0.05) is 12.1 Å². The molecule has 0 spiro atoms. The molecule has 0 saturated carbocycles. The summed E-state index contributed by atoms with van der Waals surface area (Å²) < 4.78 is 33.0. The molecule has 1 aromatic heterocycles. The van der Waals surface area contributed by atoms with Crippen LogP contribution in [0.25, 0.3) is 10.8 Å². The lowest BCUT2D eigenvalue weighted by Crippen LogP contribution is -2.51. The molecule has 2 N–H and O–H groups in total. The Hall–Kier alpha value is -1.54. The molecule has 1 saturated heterocycles. The first kappa shape index (κ1) is 15.4. The molecule has 7 heteroatoms. The van der Waals surface area contributed by atoms with E-state index in [-0.39, 0.29) is 18.7 Å². The van der Waals surface area contributed by atoms with Gasteiger partial charge in [-0.15, -0.1) is 0 Å². The maximum Gasteiger partial charge on any atom is 0.243 e. The number of sulfonamides is 1. The number of pyridine rings is 1. The number of nitrogens with zero attached hydrogens (tertiary/aromatic N) is 2. The molecule has 118 valence electrons. The van der Waals surface area contributed by atoms with Gasteiger partial charge in [0.25, 0.3) is 0 Å². The van der Waals surface area contributed by atoms with E-state index in [1.165, 1.54) is 4.31 Å². The topological polar surface area (TPSA) is 85.5 Å². The summed E-state index contributed by atoms with van der Waals surface area (Å²) in [6.07, 6.45) is 2.99. The Balaban J connectivity index is 2.01. The minimum Gasteiger partial charge on any atom is -0.374 e. The van der Waals surface area contributed by atoms with E-state index in [9.17, 15) is 8.42 Å². The highest BCUT2D eigenvalue weighted by molar-refractivity contribution is 7.89. The predicted octanol–water partition coefficient (Wildman–Crippen LogP) is 0.971. The molecule has 2 atom stereocenters. The van der Waals surface area contributed by atoms with Crippen LogP contribution >= 0.6 is 0 Å². The third-order valence-corrected chi connectivity index (χ3v) is 5.82. The predicted molar refractivity (Wildman–Crippen MR) is 83.9 cm³/mol. The lowest BCUT2D eigenvalue weighted by molar-refractivity contribution is -0.0119. The molecule has 3 rings (SSSR count). The summed E-state index contributed by atoms with van der Waals surface area (Å²) in [5, 5.41) is 1.49. The van der Waals surface area contributed by atoms with Crippen LogP contribution in [0.2, 0.25) is 0 Å². The molecular formula is C15H19N3O3S. The van der Waals surface area contributed by atoms with Crippen molar-refractivity contribution in [2.24, 2.45) is 5.73 Å². The van der Waals surface area contributed by atoms with Crippen LogP contribution in [0.5, 0.6) is 0 Å². The normalized spacial score (nSPS) is 21.8. The number of hydrogen-bond donors (Lipinski definition) is 1.